The van der Waals surface area contributed by atoms with Gasteiger partial charge in [-0.2, -0.15) is 5.10 Å². The summed E-state index contributed by atoms with van der Waals surface area (Å²) in [5.74, 6) is 1.08. The van der Waals surface area contributed by atoms with Crippen LogP contribution in [-0.4, -0.2) is 46.8 Å². The first-order valence-corrected chi connectivity index (χ1v) is 9.36. The molecule has 2 unspecified atom stereocenters. The maximum atomic E-state index is 12.6. The monoisotopic (exact) mass is 356 g/mol. The van der Waals surface area contributed by atoms with E-state index in [2.05, 4.69) is 29.2 Å². The summed E-state index contributed by atoms with van der Waals surface area (Å²) in [6.45, 7) is 7.79. The van der Waals surface area contributed by atoms with Gasteiger partial charge in [-0.05, 0) is 43.1 Å². The van der Waals surface area contributed by atoms with E-state index >= 15 is 0 Å². The molecule has 1 aromatic heterocycles. The van der Waals surface area contributed by atoms with E-state index in [9.17, 15) is 4.79 Å². The summed E-state index contributed by atoms with van der Waals surface area (Å²) in [6.07, 6.45) is 4.72. The Kier molecular flexibility index (Phi) is 5.93. The molecule has 3 rings (SSSR count). The fourth-order valence-electron chi connectivity index (χ4n) is 3.23. The molecule has 6 heteroatoms. The number of likely N-dealkylation sites (N-methyl/N-ethyl adjacent to an activating group) is 1. The number of nitrogens with zero attached hydrogens (tertiary/aromatic N) is 3. The Morgan fingerprint density at radius 1 is 1.35 bits per heavy atom. The van der Waals surface area contributed by atoms with Crippen molar-refractivity contribution in [1.29, 1.82) is 0 Å². The zero-order chi connectivity index (χ0) is 18.5. The van der Waals surface area contributed by atoms with Gasteiger partial charge in [-0.15, -0.1) is 0 Å². The van der Waals surface area contributed by atoms with Crippen molar-refractivity contribution < 1.29 is 9.53 Å². The molecule has 2 atom stereocenters. The Labute approximate surface area is 155 Å². The van der Waals surface area contributed by atoms with Crippen molar-refractivity contribution in [2.45, 2.75) is 26.2 Å². The lowest BCUT2D eigenvalue weighted by atomic mass is 10.2. The van der Waals surface area contributed by atoms with Crippen LogP contribution < -0.4 is 10.1 Å². The fourth-order valence-corrected chi connectivity index (χ4v) is 3.23. The summed E-state index contributed by atoms with van der Waals surface area (Å²) < 4.78 is 7.70. The molecule has 0 bridgehead atoms. The number of carbonyl (C=O) groups excluding carboxylic acids is 1. The molecule has 1 heterocycles. The van der Waals surface area contributed by atoms with Crippen molar-refractivity contribution >= 4 is 11.6 Å². The van der Waals surface area contributed by atoms with Crippen molar-refractivity contribution in [3.8, 4) is 5.75 Å². The van der Waals surface area contributed by atoms with E-state index in [1.165, 1.54) is 0 Å². The highest BCUT2D eigenvalue weighted by molar-refractivity contribution is 5.96. The van der Waals surface area contributed by atoms with Gasteiger partial charge in [0.25, 0.3) is 0 Å². The predicted molar refractivity (Wildman–Crippen MR) is 102 cm³/mol. The largest absolute Gasteiger partial charge is 0.490 e. The van der Waals surface area contributed by atoms with Gasteiger partial charge in [-0.1, -0.05) is 26.0 Å². The minimum Gasteiger partial charge on any atom is -0.490 e. The smallest absolute Gasteiger partial charge is 0.228 e. The number of rotatable bonds is 9. The number of para-hydroxylation sites is 2. The van der Waals surface area contributed by atoms with Crippen LogP contribution in [0.15, 0.2) is 36.7 Å². The van der Waals surface area contributed by atoms with Crippen LogP contribution in [0.4, 0.5) is 5.69 Å². The molecule has 1 saturated carbocycles. The maximum absolute atomic E-state index is 12.6. The molecule has 1 amide bonds. The second-order valence-corrected chi connectivity index (χ2v) is 6.76. The minimum atomic E-state index is 0.0166. The third-order valence-electron chi connectivity index (χ3n) is 4.98. The van der Waals surface area contributed by atoms with Crippen LogP contribution in [-0.2, 0) is 11.8 Å². The second kappa shape index (κ2) is 8.36. The van der Waals surface area contributed by atoms with Crippen molar-refractivity contribution in [2.75, 3.05) is 31.6 Å². The molecule has 1 aliphatic carbocycles. The minimum absolute atomic E-state index is 0.0166. The third-order valence-corrected chi connectivity index (χ3v) is 4.98. The quantitative estimate of drug-likeness (QED) is 0.750. The van der Waals surface area contributed by atoms with Crippen LogP contribution in [0.1, 0.15) is 31.7 Å². The topological polar surface area (TPSA) is 59.4 Å². The number of hydrogen-bond acceptors (Lipinski definition) is 4. The van der Waals surface area contributed by atoms with Crippen LogP contribution >= 0.6 is 0 Å². The van der Waals surface area contributed by atoms with Crippen LogP contribution in [0, 0.1) is 5.92 Å². The van der Waals surface area contributed by atoms with Crippen LogP contribution in [0.25, 0.3) is 0 Å². The molecule has 0 radical (unpaired) electrons. The second-order valence-electron chi connectivity index (χ2n) is 6.76. The lowest BCUT2D eigenvalue weighted by Gasteiger charge is -2.19. The average molecular weight is 356 g/mol. The van der Waals surface area contributed by atoms with Crippen LogP contribution in [0.2, 0.25) is 0 Å². The van der Waals surface area contributed by atoms with Crippen molar-refractivity contribution in [3.05, 3.63) is 42.2 Å². The Hall–Kier alpha value is -2.34. The van der Waals surface area contributed by atoms with E-state index in [0.717, 1.165) is 43.1 Å². The number of anilines is 1. The van der Waals surface area contributed by atoms with Gasteiger partial charge in [0.15, 0.2) is 0 Å². The number of aromatic nitrogens is 2. The van der Waals surface area contributed by atoms with E-state index in [-0.39, 0.29) is 17.7 Å². The van der Waals surface area contributed by atoms with Gasteiger partial charge in [0.05, 0.1) is 11.9 Å². The zero-order valence-corrected chi connectivity index (χ0v) is 15.8. The molecule has 26 heavy (non-hydrogen) atoms. The number of carbonyl (C=O) groups is 1. The molecule has 1 fully saturated rings. The van der Waals surface area contributed by atoms with Gasteiger partial charge in [-0.3, -0.25) is 9.48 Å². The normalized spacial score (nSPS) is 18.8. The standard InChI is InChI=1S/C20H28N4O2/c1-4-24(5-2)10-11-26-19-9-7-6-8-18(19)22-20(25)17-12-16(17)15-13-21-23(3)14-15/h6-9,13-14,16-17H,4-5,10-12H2,1-3H3,(H,22,25). The van der Waals surface area contributed by atoms with E-state index in [4.69, 9.17) is 4.74 Å². The van der Waals surface area contributed by atoms with Crippen LogP contribution in [0.3, 0.4) is 0 Å². The summed E-state index contributed by atoms with van der Waals surface area (Å²) in [5, 5.41) is 7.23. The highest BCUT2D eigenvalue weighted by atomic mass is 16.5. The number of hydrogen-bond donors (Lipinski definition) is 1. The predicted octanol–water partition coefficient (Wildman–Crippen LogP) is 2.88. The molecule has 0 spiro atoms. The van der Waals surface area contributed by atoms with Crippen molar-refractivity contribution in [3.63, 3.8) is 0 Å². The summed E-state index contributed by atoms with van der Waals surface area (Å²) in [4.78, 5) is 14.9. The molecule has 1 aliphatic rings. The first-order valence-electron chi connectivity index (χ1n) is 9.36. The Balaban J connectivity index is 1.55. The molecular weight excluding hydrogens is 328 g/mol. The highest BCUT2D eigenvalue weighted by Crippen LogP contribution is 2.48. The van der Waals surface area contributed by atoms with Gasteiger partial charge < -0.3 is 15.0 Å². The summed E-state index contributed by atoms with van der Waals surface area (Å²) >= 11 is 0. The van der Waals surface area contributed by atoms with E-state index in [0.29, 0.717) is 6.61 Å². The Bertz CT molecular complexity index is 739. The van der Waals surface area contributed by atoms with Crippen molar-refractivity contribution in [1.82, 2.24) is 14.7 Å². The number of ether oxygens (including phenoxy) is 1. The summed E-state index contributed by atoms with van der Waals surface area (Å²) in [5.41, 5.74) is 1.88. The Morgan fingerprint density at radius 2 is 2.12 bits per heavy atom. The highest BCUT2D eigenvalue weighted by Gasteiger charge is 2.44. The molecule has 2 aromatic rings. The molecule has 6 nitrogen and oxygen atoms in total. The van der Waals surface area contributed by atoms with Gasteiger partial charge >= 0.3 is 0 Å². The van der Waals surface area contributed by atoms with E-state index in [1.54, 1.807) is 4.68 Å². The lowest BCUT2D eigenvalue weighted by molar-refractivity contribution is -0.117. The Morgan fingerprint density at radius 3 is 2.81 bits per heavy atom. The van der Waals surface area contributed by atoms with E-state index in [1.807, 2.05) is 43.7 Å². The van der Waals surface area contributed by atoms with Crippen molar-refractivity contribution in [2.24, 2.45) is 13.0 Å². The zero-order valence-electron chi connectivity index (χ0n) is 15.8. The number of benzene rings is 1. The molecular formula is C20H28N4O2. The van der Waals surface area contributed by atoms with Gasteiger partial charge in [0.2, 0.25) is 5.91 Å². The summed E-state index contributed by atoms with van der Waals surface area (Å²) in [6, 6.07) is 7.64. The lowest BCUT2D eigenvalue weighted by Crippen LogP contribution is -2.28. The number of aryl methyl sites for hydroxylation is 1. The molecule has 1 N–H and O–H groups in total. The van der Waals surface area contributed by atoms with Gasteiger partial charge in [0, 0.05) is 25.7 Å². The SMILES string of the molecule is CCN(CC)CCOc1ccccc1NC(=O)C1CC1c1cnn(C)c1. The van der Waals surface area contributed by atoms with Gasteiger partial charge in [-0.25, -0.2) is 0 Å². The average Bonchev–Trinajstić information content (AvgIpc) is 3.34. The number of nitrogens with one attached hydrogen (secondary N) is 1. The fraction of sp³-hybridized carbons (Fsp3) is 0.500. The molecule has 140 valence electrons. The first kappa shape index (κ1) is 18.5. The third kappa shape index (κ3) is 4.43. The summed E-state index contributed by atoms with van der Waals surface area (Å²) in [7, 11) is 1.90. The van der Waals surface area contributed by atoms with Gasteiger partial charge in [0.1, 0.15) is 12.4 Å². The molecule has 0 aliphatic heterocycles. The molecule has 0 saturated heterocycles. The van der Waals surface area contributed by atoms with E-state index < -0.39 is 0 Å². The maximum Gasteiger partial charge on any atom is 0.228 e. The molecule has 1 aromatic carbocycles. The first-order chi connectivity index (χ1) is 12.6. The number of amides is 1. The van der Waals surface area contributed by atoms with Crippen LogP contribution in [0.5, 0.6) is 5.75 Å².